The van der Waals surface area contributed by atoms with Crippen molar-refractivity contribution in [2.45, 2.75) is 63.4 Å². The number of aliphatic hydroxyl groups is 1. The molecule has 0 spiro atoms. The molecular weight excluding hydrogens is 446 g/mol. The molecule has 2 aliphatic rings. The first-order valence-electron chi connectivity index (χ1n) is 11.9. The van der Waals surface area contributed by atoms with Gasteiger partial charge in [-0.3, -0.25) is 10.00 Å². The zero-order chi connectivity index (χ0) is 24.2. The molecule has 0 radical (unpaired) electrons. The third-order valence-corrected chi connectivity index (χ3v) is 6.73. The summed E-state index contributed by atoms with van der Waals surface area (Å²) < 4.78 is 5.39. The summed E-state index contributed by atoms with van der Waals surface area (Å²) in [6, 6.07) is 10.6. The highest BCUT2D eigenvalue weighted by Crippen LogP contribution is 2.36. The maximum atomic E-state index is 9.24. The average molecular weight is 476 g/mol. The number of rotatable bonds is 8. The number of aromatic nitrogens is 5. The summed E-state index contributed by atoms with van der Waals surface area (Å²) in [5.74, 6) is 2.07. The van der Waals surface area contributed by atoms with E-state index in [1.54, 1.807) is 25.4 Å². The van der Waals surface area contributed by atoms with E-state index in [0.29, 0.717) is 46.9 Å². The molecule has 11 heteroatoms. The van der Waals surface area contributed by atoms with Crippen molar-refractivity contribution in [1.82, 2.24) is 30.0 Å². The topological polar surface area (TPSA) is 148 Å². The van der Waals surface area contributed by atoms with Crippen molar-refractivity contribution >= 4 is 17.6 Å². The first kappa shape index (κ1) is 23.0. The fourth-order valence-corrected chi connectivity index (χ4v) is 5.18. The van der Waals surface area contributed by atoms with Crippen molar-refractivity contribution in [3.63, 3.8) is 0 Å². The molecule has 35 heavy (non-hydrogen) atoms. The van der Waals surface area contributed by atoms with Gasteiger partial charge >= 0.3 is 0 Å². The number of nitrogens with zero attached hydrogens (tertiary/aromatic N) is 6. The summed E-state index contributed by atoms with van der Waals surface area (Å²) in [5, 5.41) is 32.0. The van der Waals surface area contributed by atoms with E-state index in [1.165, 1.54) is 6.42 Å². The minimum Gasteiger partial charge on any atom is -0.481 e. The van der Waals surface area contributed by atoms with Gasteiger partial charge < -0.3 is 20.5 Å². The molecule has 11 nitrogen and oxygen atoms in total. The van der Waals surface area contributed by atoms with Crippen molar-refractivity contribution in [2.24, 2.45) is 0 Å². The Hall–Kier alpha value is -3.75. The van der Waals surface area contributed by atoms with Gasteiger partial charge in [-0.15, -0.1) is 0 Å². The third-order valence-electron chi connectivity index (χ3n) is 6.73. The second kappa shape index (κ2) is 10.2. The lowest BCUT2D eigenvalue weighted by Gasteiger charge is -2.49. The van der Waals surface area contributed by atoms with E-state index in [9.17, 15) is 10.4 Å². The van der Waals surface area contributed by atoms with Crippen LogP contribution in [0.25, 0.3) is 0 Å². The Labute approximate surface area is 203 Å². The lowest BCUT2D eigenvalue weighted by atomic mass is 9.81. The molecule has 5 rings (SSSR count). The first-order valence-corrected chi connectivity index (χ1v) is 11.9. The summed E-state index contributed by atoms with van der Waals surface area (Å²) in [6.07, 6.45) is 7.26. The van der Waals surface area contributed by atoms with Gasteiger partial charge in [-0.1, -0.05) is 6.42 Å². The number of pyridine rings is 1. The Morgan fingerprint density at radius 1 is 1.20 bits per heavy atom. The van der Waals surface area contributed by atoms with E-state index >= 15 is 0 Å². The number of H-pyrrole nitrogens is 1. The molecule has 3 atom stereocenters. The maximum absolute atomic E-state index is 9.24. The number of anilines is 3. The predicted octanol–water partition coefficient (Wildman–Crippen LogP) is 2.71. The molecule has 2 aliphatic heterocycles. The van der Waals surface area contributed by atoms with E-state index in [0.717, 1.165) is 37.8 Å². The Morgan fingerprint density at radius 3 is 2.74 bits per heavy atom. The molecule has 1 unspecified atom stereocenters. The molecule has 182 valence electrons. The highest BCUT2D eigenvalue weighted by atomic mass is 16.5. The first-order chi connectivity index (χ1) is 17.1. The number of nitriles is 1. The number of piperidine rings is 2. The van der Waals surface area contributed by atoms with Crippen LogP contribution < -0.4 is 15.4 Å². The van der Waals surface area contributed by atoms with Gasteiger partial charge in [0, 0.05) is 43.0 Å². The molecule has 4 N–H and O–H groups in total. The zero-order valence-electron chi connectivity index (χ0n) is 19.6. The van der Waals surface area contributed by atoms with Gasteiger partial charge in [-0.2, -0.15) is 20.3 Å². The highest BCUT2D eigenvalue weighted by Gasteiger charge is 2.38. The number of methoxy groups -OCH3 is 1. The van der Waals surface area contributed by atoms with E-state index in [2.05, 4.69) is 46.8 Å². The van der Waals surface area contributed by atoms with Crippen LogP contribution in [0.4, 0.5) is 17.6 Å². The van der Waals surface area contributed by atoms with Crippen molar-refractivity contribution in [2.75, 3.05) is 17.7 Å². The number of aliphatic hydroxyl groups excluding tert-OH is 1. The molecule has 2 bridgehead atoms. The predicted molar refractivity (Wildman–Crippen MR) is 129 cm³/mol. The fraction of sp³-hybridized carbons (Fsp3) is 0.458. The molecule has 0 amide bonds. The number of ether oxygens (including phenoxy) is 1. The van der Waals surface area contributed by atoms with E-state index in [1.807, 2.05) is 12.1 Å². The molecule has 3 aromatic heterocycles. The smallest absolute Gasteiger partial charge is 0.228 e. The Balaban J connectivity index is 1.28. The normalized spacial score (nSPS) is 21.8. The molecular formula is C24H29N9O2. The van der Waals surface area contributed by atoms with Gasteiger partial charge in [-0.05, 0) is 43.4 Å². The van der Waals surface area contributed by atoms with Crippen LogP contribution in [0.15, 0.2) is 30.5 Å². The second-order valence-electron chi connectivity index (χ2n) is 9.07. The number of hydrogen-bond acceptors (Lipinski definition) is 10. The monoisotopic (exact) mass is 475 g/mol. The van der Waals surface area contributed by atoms with Crippen molar-refractivity contribution < 1.29 is 9.84 Å². The third kappa shape index (κ3) is 5.34. The van der Waals surface area contributed by atoms with Gasteiger partial charge in [0.05, 0.1) is 19.4 Å². The number of nitrogens with one attached hydrogen (secondary N) is 3. The van der Waals surface area contributed by atoms with Crippen molar-refractivity contribution in [3.8, 4) is 11.9 Å². The average Bonchev–Trinajstić information content (AvgIpc) is 3.32. The molecule has 0 aromatic carbocycles. The van der Waals surface area contributed by atoms with Crippen molar-refractivity contribution in [3.05, 3.63) is 47.4 Å². The Bertz CT molecular complexity index is 1190. The molecule has 5 heterocycles. The van der Waals surface area contributed by atoms with Crippen molar-refractivity contribution in [1.29, 1.82) is 5.26 Å². The van der Waals surface area contributed by atoms with E-state index < -0.39 is 0 Å². The van der Waals surface area contributed by atoms with Crippen LogP contribution in [0.1, 0.15) is 49.1 Å². The molecule has 2 fully saturated rings. The largest absolute Gasteiger partial charge is 0.481 e. The summed E-state index contributed by atoms with van der Waals surface area (Å²) in [6.45, 7) is 0.721. The minimum absolute atomic E-state index is 0.115. The van der Waals surface area contributed by atoms with Crippen LogP contribution in [-0.2, 0) is 13.2 Å². The Kier molecular flexibility index (Phi) is 6.74. The van der Waals surface area contributed by atoms with Crippen LogP contribution in [0, 0.1) is 11.3 Å². The fourth-order valence-electron chi connectivity index (χ4n) is 5.18. The minimum atomic E-state index is -0.115. The summed E-state index contributed by atoms with van der Waals surface area (Å²) in [5.41, 5.74) is 2.21. The van der Waals surface area contributed by atoms with Gasteiger partial charge in [0.15, 0.2) is 5.82 Å². The Morgan fingerprint density at radius 2 is 2.03 bits per heavy atom. The number of fused-ring (bicyclic) bond motifs is 2. The molecule has 3 aromatic rings. The molecule has 0 saturated carbocycles. The summed E-state index contributed by atoms with van der Waals surface area (Å²) in [4.78, 5) is 15.8. The zero-order valence-corrected chi connectivity index (χ0v) is 19.6. The van der Waals surface area contributed by atoms with Crippen LogP contribution in [-0.4, -0.2) is 60.4 Å². The SMILES string of the molecule is COc1cc(Nc2cc(CO)[nH]n2)nc(NC2C[C@H]3CCC[C@@H](C2)N3Cc2ccnc(C#N)c2)n1. The standard InChI is InChI=1S/C24H29N9O2/c1-35-23-11-21(28-22-10-18(14-34)31-32-22)29-24(30-23)27-16-8-19-3-2-4-20(9-16)33(19)13-15-5-6-26-17(7-15)12-25/h5-7,10-11,16,19-20,34H,2-4,8-9,13-14H2,1H3,(H3,27,28,29,30,31,32)/t16?,19-,20+. The lowest BCUT2D eigenvalue weighted by molar-refractivity contribution is 0.0276. The van der Waals surface area contributed by atoms with E-state index in [4.69, 9.17) is 4.74 Å². The van der Waals surface area contributed by atoms with Gasteiger partial charge in [-0.25, -0.2) is 4.98 Å². The summed E-state index contributed by atoms with van der Waals surface area (Å²) in [7, 11) is 1.58. The van der Waals surface area contributed by atoms with Crippen LogP contribution >= 0.6 is 0 Å². The number of aromatic amines is 1. The van der Waals surface area contributed by atoms with Gasteiger partial charge in [0.1, 0.15) is 17.6 Å². The number of hydrogen-bond donors (Lipinski definition) is 4. The van der Waals surface area contributed by atoms with Crippen LogP contribution in [0.5, 0.6) is 5.88 Å². The highest BCUT2D eigenvalue weighted by molar-refractivity contribution is 5.55. The van der Waals surface area contributed by atoms with Crippen LogP contribution in [0.3, 0.4) is 0 Å². The lowest BCUT2D eigenvalue weighted by Crippen LogP contribution is -2.54. The van der Waals surface area contributed by atoms with Crippen LogP contribution in [0.2, 0.25) is 0 Å². The van der Waals surface area contributed by atoms with Gasteiger partial charge in [0.2, 0.25) is 11.8 Å². The molecule has 0 aliphatic carbocycles. The quantitative estimate of drug-likeness (QED) is 0.383. The van der Waals surface area contributed by atoms with Gasteiger partial charge in [0.25, 0.3) is 0 Å². The van der Waals surface area contributed by atoms with E-state index in [-0.39, 0.29) is 12.6 Å². The second-order valence-corrected chi connectivity index (χ2v) is 9.07. The molecule has 2 saturated heterocycles. The maximum Gasteiger partial charge on any atom is 0.228 e. The summed E-state index contributed by atoms with van der Waals surface area (Å²) >= 11 is 0.